The molecule has 66 valence electrons. The van der Waals surface area contributed by atoms with Gasteiger partial charge in [0, 0.05) is 0 Å². The summed E-state index contributed by atoms with van der Waals surface area (Å²) in [4.78, 5) is 0. The quantitative estimate of drug-likeness (QED) is 0.655. The van der Waals surface area contributed by atoms with Crippen molar-refractivity contribution in [1.82, 2.24) is 0 Å². The van der Waals surface area contributed by atoms with Crippen LogP contribution >= 0.6 is 0 Å². The zero-order valence-electron chi connectivity index (χ0n) is 6.95. The molecule has 1 N–H and O–H groups in total. The lowest BCUT2D eigenvalue weighted by atomic mass is 9.87. The average molecular weight is 176 g/mol. The van der Waals surface area contributed by atoms with Crippen LogP contribution in [-0.2, 0) is 11.1 Å². The molecule has 0 bridgehead atoms. The van der Waals surface area contributed by atoms with Crippen LogP contribution in [0.25, 0.3) is 0 Å². The Balaban J connectivity index is 2.38. The Morgan fingerprint density at radius 1 is 1.36 bits per heavy atom. The maximum Gasteiger partial charge on any atom is 0.155 e. The Hall–Kier alpha value is 0.110. The van der Waals surface area contributed by atoms with Gasteiger partial charge in [-0.15, -0.1) is 0 Å². The van der Waals surface area contributed by atoms with Crippen LogP contribution in [-0.4, -0.2) is 14.0 Å². The molecule has 1 saturated carbocycles. The Bertz CT molecular complexity index is 141. The molecule has 0 heterocycles. The van der Waals surface area contributed by atoms with E-state index in [1.165, 1.54) is 19.3 Å². The Morgan fingerprint density at radius 2 is 1.91 bits per heavy atom. The summed E-state index contributed by atoms with van der Waals surface area (Å²) in [5.41, 5.74) is 0. The van der Waals surface area contributed by atoms with E-state index in [1.54, 1.807) is 0 Å². The minimum atomic E-state index is -1.61. The third kappa shape index (κ3) is 2.56. The van der Waals surface area contributed by atoms with Crippen molar-refractivity contribution in [1.29, 1.82) is 0 Å². The lowest BCUT2D eigenvalue weighted by Crippen LogP contribution is -2.24. The summed E-state index contributed by atoms with van der Waals surface area (Å²) >= 11 is -1.61. The van der Waals surface area contributed by atoms with E-state index in [0.29, 0.717) is 5.92 Å². The highest BCUT2D eigenvalue weighted by Crippen LogP contribution is 2.28. The third-order valence-electron chi connectivity index (χ3n) is 2.63. The topological polar surface area (TPSA) is 37.3 Å². The molecule has 0 amide bonds. The van der Waals surface area contributed by atoms with Crippen LogP contribution in [0.1, 0.15) is 39.0 Å². The van der Waals surface area contributed by atoms with Gasteiger partial charge in [-0.25, -0.2) is 4.21 Å². The summed E-state index contributed by atoms with van der Waals surface area (Å²) in [5.74, 6) is 0.495. The summed E-state index contributed by atoms with van der Waals surface area (Å²) in [6, 6.07) is 0. The van der Waals surface area contributed by atoms with Gasteiger partial charge in [-0.05, 0) is 25.7 Å². The normalized spacial score (nSPS) is 26.4. The Morgan fingerprint density at radius 3 is 2.36 bits per heavy atom. The van der Waals surface area contributed by atoms with Crippen molar-refractivity contribution >= 4 is 11.1 Å². The molecular formula is C8H16O2S. The first-order valence-electron chi connectivity index (χ1n) is 4.31. The van der Waals surface area contributed by atoms with Crippen molar-refractivity contribution in [3.8, 4) is 0 Å². The Labute approximate surface area is 70.7 Å². The molecule has 0 radical (unpaired) electrons. The van der Waals surface area contributed by atoms with Gasteiger partial charge in [-0.1, -0.05) is 19.3 Å². The molecule has 1 aliphatic rings. The lowest BCUT2D eigenvalue weighted by molar-refractivity contribution is 0.346. The van der Waals surface area contributed by atoms with Crippen LogP contribution in [0.4, 0.5) is 0 Å². The monoisotopic (exact) mass is 176 g/mol. The van der Waals surface area contributed by atoms with Crippen molar-refractivity contribution in [2.75, 3.05) is 0 Å². The second-order valence-electron chi connectivity index (χ2n) is 3.38. The van der Waals surface area contributed by atoms with Gasteiger partial charge in [0.2, 0.25) is 0 Å². The van der Waals surface area contributed by atoms with Gasteiger partial charge in [0.15, 0.2) is 11.1 Å². The van der Waals surface area contributed by atoms with Crippen molar-refractivity contribution in [2.45, 2.75) is 44.3 Å². The smallest absolute Gasteiger partial charge is 0.155 e. The fourth-order valence-electron chi connectivity index (χ4n) is 1.77. The first-order valence-corrected chi connectivity index (χ1v) is 5.48. The molecular weight excluding hydrogens is 160 g/mol. The van der Waals surface area contributed by atoms with E-state index in [9.17, 15) is 4.21 Å². The Kier molecular flexibility index (Phi) is 3.52. The van der Waals surface area contributed by atoms with Crippen LogP contribution in [0, 0.1) is 5.92 Å². The van der Waals surface area contributed by atoms with Gasteiger partial charge in [0.1, 0.15) is 0 Å². The maximum absolute atomic E-state index is 10.7. The van der Waals surface area contributed by atoms with Gasteiger partial charge in [-0.3, -0.25) is 0 Å². The van der Waals surface area contributed by atoms with E-state index in [2.05, 4.69) is 0 Å². The van der Waals surface area contributed by atoms with Gasteiger partial charge in [-0.2, -0.15) is 0 Å². The van der Waals surface area contributed by atoms with Crippen molar-refractivity contribution in [3.63, 3.8) is 0 Å². The molecule has 2 atom stereocenters. The van der Waals surface area contributed by atoms with Crippen molar-refractivity contribution < 1.29 is 8.76 Å². The predicted molar refractivity (Wildman–Crippen MR) is 46.8 cm³/mol. The van der Waals surface area contributed by atoms with Gasteiger partial charge < -0.3 is 4.55 Å². The predicted octanol–water partition coefficient (Wildman–Crippen LogP) is 2.18. The highest BCUT2D eigenvalue weighted by Gasteiger charge is 2.23. The van der Waals surface area contributed by atoms with Crippen LogP contribution < -0.4 is 0 Å². The molecule has 1 fully saturated rings. The van der Waals surface area contributed by atoms with E-state index in [1.807, 2.05) is 6.92 Å². The highest BCUT2D eigenvalue weighted by molar-refractivity contribution is 7.79. The van der Waals surface area contributed by atoms with E-state index in [0.717, 1.165) is 12.8 Å². The molecule has 0 aliphatic heterocycles. The average Bonchev–Trinajstić information content (AvgIpc) is 2.05. The standard InChI is InChI=1S/C8H16O2S/c1-7(11(9)10)8-5-3-2-4-6-8/h7-8H,2-6H2,1H3,(H,9,10)/t7-/m0/s1. The summed E-state index contributed by atoms with van der Waals surface area (Å²) in [7, 11) is 0. The number of hydrogen-bond acceptors (Lipinski definition) is 1. The molecule has 11 heavy (non-hydrogen) atoms. The van der Waals surface area contributed by atoms with Crippen molar-refractivity contribution in [3.05, 3.63) is 0 Å². The minimum Gasteiger partial charge on any atom is -0.306 e. The maximum atomic E-state index is 10.7. The summed E-state index contributed by atoms with van der Waals surface area (Å²) < 4.78 is 19.6. The van der Waals surface area contributed by atoms with Gasteiger partial charge in [0.25, 0.3) is 0 Å². The fourth-order valence-corrected chi connectivity index (χ4v) is 2.37. The van der Waals surface area contributed by atoms with Crippen LogP contribution in [0.3, 0.4) is 0 Å². The van der Waals surface area contributed by atoms with E-state index < -0.39 is 11.1 Å². The molecule has 1 aliphatic carbocycles. The van der Waals surface area contributed by atoms with Crippen LogP contribution in [0.15, 0.2) is 0 Å². The zero-order valence-corrected chi connectivity index (χ0v) is 7.77. The molecule has 0 aromatic heterocycles. The first-order chi connectivity index (χ1) is 5.22. The summed E-state index contributed by atoms with van der Waals surface area (Å²) in [6.45, 7) is 1.88. The molecule has 2 nitrogen and oxygen atoms in total. The van der Waals surface area contributed by atoms with Crippen LogP contribution in [0.5, 0.6) is 0 Å². The van der Waals surface area contributed by atoms with Gasteiger partial charge in [0.05, 0.1) is 5.25 Å². The fraction of sp³-hybridized carbons (Fsp3) is 1.00. The summed E-state index contributed by atoms with van der Waals surface area (Å²) in [5, 5.41) is -0.0182. The molecule has 0 spiro atoms. The number of rotatable bonds is 2. The second-order valence-corrected chi connectivity index (χ2v) is 4.68. The van der Waals surface area contributed by atoms with Gasteiger partial charge >= 0.3 is 0 Å². The van der Waals surface area contributed by atoms with E-state index in [-0.39, 0.29) is 5.25 Å². The number of hydrogen-bond donors (Lipinski definition) is 1. The van der Waals surface area contributed by atoms with Crippen LogP contribution in [0.2, 0.25) is 0 Å². The largest absolute Gasteiger partial charge is 0.306 e. The molecule has 1 rings (SSSR count). The lowest BCUT2D eigenvalue weighted by Gasteiger charge is -2.24. The SMILES string of the molecule is C[C@@H](C1CCCCC1)S(=O)O. The highest BCUT2D eigenvalue weighted by atomic mass is 32.2. The van der Waals surface area contributed by atoms with Crippen molar-refractivity contribution in [2.24, 2.45) is 5.92 Å². The molecule has 0 aromatic rings. The third-order valence-corrected chi connectivity index (χ3v) is 3.65. The zero-order chi connectivity index (χ0) is 8.27. The molecule has 0 saturated heterocycles. The molecule has 3 heteroatoms. The second kappa shape index (κ2) is 4.21. The minimum absolute atomic E-state index is 0.0182. The van der Waals surface area contributed by atoms with E-state index >= 15 is 0 Å². The van der Waals surface area contributed by atoms with E-state index in [4.69, 9.17) is 4.55 Å². The molecule has 1 unspecified atom stereocenters. The summed E-state index contributed by atoms with van der Waals surface area (Å²) in [6.07, 6.45) is 6.08. The molecule has 0 aromatic carbocycles. The first kappa shape index (κ1) is 9.20.